The number of ether oxygens (including phenoxy) is 2. The third-order valence-corrected chi connectivity index (χ3v) is 6.49. The fraction of sp³-hybridized carbons (Fsp3) is 0.250. The van der Waals surface area contributed by atoms with Crippen molar-refractivity contribution < 1.29 is 33.9 Å². The molecule has 3 rings (SSSR count). The second kappa shape index (κ2) is 7.91. The van der Waals surface area contributed by atoms with E-state index in [1.165, 1.54) is 24.3 Å². The maximum absolute atomic E-state index is 13.2. The van der Waals surface area contributed by atoms with E-state index in [0.717, 1.165) is 37.1 Å². The van der Waals surface area contributed by atoms with Gasteiger partial charge in [0.2, 0.25) is 4.87 Å². The number of phenolic OH excluding ortho intramolecular Hbond substituents is 1. The lowest BCUT2D eigenvalue weighted by atomic mass is 9.93. The SMILES string of the molecule is COC(=O)C1=CC(C(=O)c2cc([N+](=O)[O-])ccc2O)=CN2C(C)=C(C)SC12C(=O)OC. The van der Waals surface area contributed by atoms with Gasteiger partial charge in [0.15, 0.2) is 5.78 Å². The molecule has 1 N–H and O–H groups in total. The van der Waals surface area contributed by atoms with Crippen molar-refractivity contribution in [1.29, 1.82) is 0 Å². The molecule has 0 saturated heterocycles. The van der Waals surface area contributed by atoms with Crippen LogP contribution in [0.15, 0.2) is 52.2 Å². The Morgan fingerprint density at radius 3 is 2.45 bits per heavy atom. The standard InChI is InChI=1S/C20H18N2O8S/c1-10-11(2)31-20(19(26)30-4)15(18(25)29-3)7-12(9-21(10)20)17(24)14-8-13(22(27)28)5-6-16(14)23/h5-9,23H,1-4H3. The van der Waals surface area contributed by atoms with Crippen LogP contribution in [0.2, 0.25) is 0 Å². The van der Waals surface area contributed by atoms with Gasteiger partial charge in [-0.1, -0.05) is 11.8 Å². The highest BCUT2D eigenvalue weighted by Gasteiger charge is 2.58. The number of carbonyl (C=O) groups is 3. The molecule has 0 fully saturated rings. The second-order valence-corrected chi connectivity index (χ2v) is 8.08. The van der Waals surface area contributed by atoms with E-state index in [-0.39, 0.29) is 22.4 Å². The number of nitrogens with zero attached hydrogens (tertiary/aromatic N) is 2. The summed E-state index contributed by atoms with van der Waals surface area (Å²) in [6.45, 7) is 3.45. The summed E-state index contributed by atoms with van der Waals surface area (Å²) in [6.07, 6.45) is 2.53. The summed E-state index contributed by atoms with van der Waals surface area (Å²) in [5.74, 6) is -2.84. The number of ketones is 1. The van der Waals surface area contributed by atoms with E-state index < -0.39 is 33.3 Å². The molecule has 1 aromatic rings. The van der Waals surface area contributed by atoms with Crippen molar-refractivity contribution in [2.45, 2.75) is 18.7 Å². The highest BCUT2D eigenvalue weighted by Crippen LogP contribution is 2.53. The Hall–Kier alpha value is -3.60. The highest BCUT2D eigenvalue weighted by atomic mass is 32.2. The quantitative estimate of drug-likeness (QED) is 0.311. The largest absolute Gasteiger partial charge is 0.507 e. The number of benzene rings is 1. The Kier molecular flexibility index (Phi) is 5.64. The third-order valence-electron chi connectivity index (χ3n) is 5.01. The Bertz CT molecular complexity index is 1120. The zero-order valence-corrected chi connectivity index (χ0v) is 17.8. The van der Waals surface area contributed by atoms with Crippen LogP contribution >= 0.6 is 11.8 Å². The number of fused-ring (bicyclic) bond motifs is 1. The number of methoxy groups -OCH3 is 2. The number of allylic oxidation sites excluding steroid dienone is 4. The molecule has 0 saturated carbocycles. The lowest BCUT2D eigenvalue weighted by molar-refractivity contribution is -0.384. The number of hydrogen-bond acceptors (Lipinski definition) is 10. The van der Waals surface area contributed by atoms with E-state index in [2.05, 4.69) is 0 Å². The van der Waals surface area contributed by atoms with E-state index >= 15 is 0 Å². The van der Waals surface area contributed by atoms with Gasteiger partial charge in [-0.2, -0.15) is 0 Å². The van der Waals surface area contributed by atoms with Gasteiger partial charge >= 0.3 is 11.9 Å². The number of rotatable bonds is 5. The zero-order valence-electron chi connectivity index (χ0n) is 17.0. The number of nitro groups is 1. The van der Waals surface area contributed by atoms with Crippen LogP contribution in [-0.2, 0) is 19.1 Å². The van der Waals surface area contributed by atoms with Crippen LogP contribution in [0, 0.1) is 10.1 Å². The average molecular weight is 446 g/mol. The molecule has 0 spiro atoms. The van der Waals surface area contributed by atoms with Crippen molar-refractivity contribution in [3.8, 4) is 5.75 Å². The highest BCUT2D eigenvalue weighted by molar-refractivity contribution is 8.05. The third kappa shape index (κ3) is 3.36. The first-order chi connectivity index (χ1) is 14.6. The number of Topliss-reactive ketones (excluding diaryl/α,β-unsaturated/α-hetero) is 1. The van der Waals surface area contributed by atoms with Crippen LogP contribution in [0.25, 0.3) is 0 Å². The van der Waals surface area contributed by atoms with Gasteiger partial charge in [-0.05, 0) is 26.0 Å². The second-order valence-electron chi connectivity index (χ2n) is 6.67. The van der Waals surface area contributed by atoms with Crippen molar-refractivity contribution in [3.05, 3.63) is 67.9 Å². The summed E-state index contributed by atoms with van der Waals surface area (Å²) in [6, 6.07) is 3.05. The molecule has 0 amide bonds. The van der Waals surface area contributed by atoms with Crippen LogP contribution in [0.5, 0.6) is 5.75 Å². The van der Waals surface area contributed by atoms with E-state index in [4.69, 9.17) is 9.47 Å². The molecule has 0 radical (unpaired) electrons. The molecule has 2 aliphatic rings. The van der Waals surface area contributed by atoms with Gasteiger partial charge in [0.1, 0.15) is 5.75 Å². The smallest absolute Gasteiger partial charge is 0.348 e. The Balaban J connectivity index is 2.21. The topological polar surface area (TPSA) is 136 Å². The number of thioether (sulfide) groups is 1. The average Bonchev–Trinajstić information content (AvgIpc) is 3.02. The molecule has 11 heteroatoms. The van der Waals surface area contributed by atoms with Crippen molar-refractivity contribution >= 4 is 35.2 Å². The molecule has 31 heavy (non-hydrogen) atoms. The molecular weight excluding hydrogens is 428 g/mol. The van der Waals surface area contributed by atoms with Crippen LogP contribution in [0.4, 0.5) is 5.69 Å². The Morgan fingerprint density at radius 2 is 1.87 bits per heavy atom. The molecule has 0 aromatic heterocycles. The van der Waals surface area contributed by atoms with Crippen molar-refractivity contribution in [2.24, 2.45) is 0 Å². The maximum Gasteiger partial charge on any atom is 0.348 e. The normalized spacial score (nSPS) is 19.9. The summed E-state index contributed by atoms with van der Waals surface area (Å²) in [4.78, 5) is 49.5. The monoisotopic (exact) mass is 446 g/mol. The minimum atomic E-state index is -1.62. The molecular formula is C20H18N2O8S. The van der Waals surface area contributed by atoms with Crippen LogP contribution in [0.3, 0.4) is 0 Å². The molecule has 1 aromatic carbocycles. The predicted molar refractivity (Wildman–Crippen MR) is 110 cm³/mol. The maximum atomic E-state index is 13.2. The number of nitro benzene ring substituents is 1. The summed E-state index contributed by atoms with van der Waals surface area (Å²) in [7, 11) is 2.32. The fourth-order valence-electron chi connectivity index (χ4n) is 3.35. The minimum Gasteiger partial charge on any atom is -0.507 e. The summed E-state index contributed by atoms with van der Waals surface area (Å²) >= 11 is 1.08. The zero-order chi connectivity index (χ0) is 23.1. The summed E-state index contributed by atoms with van der Waals surface area (Å²) in [5.41, 5.74) is -0.346. The van der Waals surface area contributed by atoms with Gasteiger partial charge in [-0.3, -0.25) is 14.9 Å². The van der Waals surface area contributed by atoms with E-state index in [0.29, 0.717) is 10.6 Å². The number of hydrogen-bond donors (Lipinski definition) is 1. The van der Waals surface area contributed by atoms with Gasteiger partial charge < -0.3 is 19.5 Å². The number of aromatic hydroxyl groups is 1. The fourth-order valence-corrected chi connectivity index (χ4v) is 4.74. The van der Waals surface area contributed by atoms with Gasteiger partial charge in [-0.15, -0.1) is 0 Å². The lowest BCUT2D eigenvalue weighted by Gasteiger charge is -2.38. The first-order valence-corrected chi connectivity index (χ1v) is 9.68. The first-order valence-electron chi connectivity index (χ1n) is 8.87. The van der Waals surface area contributed by atoms with Crippen LogP contribution in [-0.4, -0.2) is 51.7 Å². The van der Waals surface area contributed by atoms with Gasteiger partial charge in [0.25, 0.3) is 5.69 Å². The van der Waals surface area contributed by atoms with Crippen molar-refractivity contribution in [2.75, 3.05) is 14.2 Å². The van der Waals surface area contributed by atoms with Gasteiger partial charge in [0.05, 0.1) is 30.3 Å². The molecule has 1 atom stereocenters. The molecule has 1 unspecified atom stereocenters. The number of esters is 2. The number of phenols is 1. The van der Waals surface area contributed by atoms with Crippen LogP contribution < -0.4 is 0 Å². The van der Waals surface area contributed by atoms with Gasteiger partial charge in [0, 0.05) is 34.5 Å². The van der Waals surface area contributed by atoms with Crippen molar-refractivity contribution in [1.82, 2.24) is 4.90 Å². The Labute approximate surface area is 181 Å². The predicted octanol–water partition coefficient (Wildman–Crippen LogP) is 2.65. The first kappa shape index (κ1) is 22.1. The van der Waals surface area contributed by atoms with E-state index in [1.807, 2.05) is 0 Å². The number of non-ortho nitro benzene ring substituents is 1. The summed E-state index contributed by atoms with van der Waals surface area (Å²) in [5, 5.41) is 21.2. The molecule has 10 nitrogen and oxygen atoms in total. The lowest BCUT2D eigenvalue weighted by Crippen LogP contribution is -2.52. The van der Waals surface area contributed by atoms with Crippen molar-refractivity contribution in [3.63, 3.8) is 0 Å². The minimum absolute atomic E-state index is 0.0784. The molecule has 2 aliphatic heterocycles. The molecule has 0 bridgehead atoms. The molecule has 162 valence electrons. The van der Waals surface area contributed by atoms with E-state index in [9.17, 15) is 29.6 Å². The molecule has 2 heterocycles. The van der Waals surface area contributed by atoms with Gasteiger partial charge in [-0.25, -0.2) is 9.59 Å². The Morgan fingerprint density at radius 1 is 1.19 bits per heavy atom. The van der Waals surface area contributed by atoms with E-state index in [1.54, 1.807) is 13.8 Å². The molecule has 0 aliphatic carbocycles. The number of carbonyl (C=O) groups excluding carboxylic acids is 3. The van der Waals surface area contributed by atoms with Crippen LogP contribution in [0.1, 0.15) is 24.2 Å². The summed E-state index contributed by atoms with van der Waals surface area (Å²) < 4.78 is 9.80.